The summed E-state index contributed by atoms with van der Waals surface area (Å²) in [5.41, 5.74) is 0.956. The molecule has 0 atom stereocenters. The van der Waals surface area contributed by atoms with Crippen LogP contribution >= 0.6 is 0 Å². The standard InChI is InChI=1S/C17H26N2O3S/c1-23(21,22)19(16-10-6-3-7-11-16)13-12-18-17(20)14-15-8-4-2-5-9-15/h2,4-5,8-9,16H,3,6-7,10-14H2,1H3,(H,18,20). The van der Waals surface area contributed by atoms with Gasteiger partial charge < -0.3 is 5.32 Å². The lowest BCUT2D eigenvalue weighted by Crippen LogP contribution is -2.45. The number of carbonyl (C=O) groups excluding carboxylic acids is 1. The number of carbonyl (C=O) groups is 1. The zero-order chi connectivity index (χ0) is 16.7. The molecule has 1 aliphatic carbocycles. The third kappa shape index (κ3) is 5.95. The number of sulfonamides is 1. The summed E-state index contributed by atoms with van der Waals surface area (Å²) in [6.45, 7) is 0.708. The predicted molar refractivity (Wildman–Crippen MR) is 91.6 cm³/mol. The highest BCUT2D eigenvalue weighted by Crippen LogP contribution is 2.23. The highest BCUT2D eigenvalue weighted by Gasteiger charge is 2.27. The number of benzene rings is 1. The van der Waals surface area contributed by atoms with Gasteiger partial charge >= 0.3 is 0 Å². The van der Waals surface area contributed by atoms with E-state index in [4.69, 9.17) is 0 Å². The molecular weight excluding hydrogens is 312 g/mol. The van der Waals surface area contributed by atoms with Gasteiger partial charge in [-0.1, -0.05) is 49.6 Å². The summed E-state index contributed by atoms with van der Waals surface area (Å²) in [6, 6.07) is 9.61. The normalized spacial score (nSPS) is 16.4. The van der Waals surface area contributed by atoms with E-state index in [1.54, 1.807) is 4.31 Å². The topological polar surface area (TPSA) is 66.5 Å². The summed E-state index contributed by atoms with van der Waals surface area (Å²) < 4.78 is 25.6. The van der Waals surface area contributed by atoms with E-state index in [2.05, 4.69) is 5.32 Å². The van der Waals surface area contributed by atoms with E-state index in [1.807, 2.05) is 30.3 Å². The van der Waals surface area contributed by atoms with Crippen LogP contribution in [-0.4, -0.2) is 44.0 Å². The van der Waals surface area contributed by atoms with Gasteiger partial charge in [-0.15, -0.1) is 0 Å². The smallest absolute Gasteiger partial charge is 0.224 e. The summed E-state index contributed by atoms with van der Waals surface area (Å²) in [4.78, 5) is 11.9. The van der Waals surface area contributed by atoms with Crippen LogP contribution in [0.3, 0.4) is 0 Å². The van der Waals surface area contributed by atoms with Crippen LogP contribution in [0.5, 0.6) is 0 Å². The number of amides is 1. The molecule has 0 radical (unpaired) electrons. The molecule has 1 aromatic rings. The van der Waals surface area contributed by atoms with Gasteiger partial charge in [0.1, 0.15) is 0 Å². The molecule has 1 fully saturated rings. The van der Waals surface area contributed by atoms with Crippen molar-refractivity contribution in [2.75, 3.05) is 19.3 Å². The first-order chi connectivity index (χ1) is 11.0. The van der Waals surface area contributed by atoms with Crippen LogP contribution in [0.2, 0.25) is 0 Å². The molecule has 0 bridgehead atoms. The van der Waals surface area contributed by atoms with Crippen molar-refractivity contribution in [3.63, 3.8) is 0 Å². The average Bonchev–Trinajstić information content (AvgIpc) is 2.52. The molecule has 128 valence electrons. The minimum absolute atomic E-state index is 0.0757. The monoisotopic (exact) mass is 338 g/mol. The quantitative estimate of drug-likeness (QED) is 0.826. The van der Waals surface area contributed by atoms with Gasteiger partial charge in [0.05, 0.1) is 12.7 Å². The first kappa shape index (κ1) is 17.9. The molecule has 2 rings (SSSR count). The van der Waals surface area contributed by atoms with Crippen molar-refractivity contribution >= 4 is 15.9 Å². The Labute approximate surface area is 139 Å². The largest absolute Gasteiger partial charge is 0.354 e. The Morgan fingerprint density at radius 1 is 1.17 bits per heavy atom. The Balaban J connectivity index is 1.83. The van der Waals surface area contributed by atoms with Crippen molar-refractivity contribution in [1.29, 1.82) is 0 Å². The van der Waals surface area contributed by atoms with Crippen molar-refractivity contribution in [3.05, 3.63) is 35.9 Å². The van der Waals surface area contributed by atoms with Gasteiger partial charge in [0, 0.05) is 19.1 Å². The van der Waals surface area contributed by atoms with Crippen molar-refractivity contribution in [1.82, 2.24) is 9.62 Å². The zero-order valence-electron chi connectivity index (χ0n) is 13.7. The molecule has 1 aromatic carbocycles. The summed E-state index contributed by atoms with van der Waals surface area (Å²) in [5, 5.41) is 2.83. The first-order valence-electron chi connectivity index (χ1n) is 8.24. The average molecular weight is 338 g/mol. The lowest BCUT2D eigenvalue weighted by atomic mass is 9.95. The van der Waals surface area contributed by atoms with Crippen LogP contribution in [0.15, 0.2) is 30.3 Å². The molecule has 0 unspecified atom stereocenters. The van der Waals surface area contributed by atoms with Crippen molar-refractivity contribution in [2.24, 2.45) is 0 Å². The molecular formula is C17H26N2O3S. The Bertz CT molecular complexity index is 596. The zero-order valence-corrected chi connectivity index (χ0v) is 14.5. The molecule has 0 aliphatic heterocycles. The second-order valence-electron chi connectivity index (χ2n) is 6.18. The van der Waals surface area contributed by atoms with Gasteiger partial charge in [-0.25, -0.2) is 8.42 Å². The number of hydrogen-bond acceptors (Lipinski definition) is 3. The molecule has 1 amide bonds. The van der Waals surface area contributed by atoms with Crippen LogP contribution in [0.4, 0.5) is 0 Å². The van der Waals surface area contributed by atoms with Crippen molar-refractivity contribution < 1.29 is 13.2 Å². The van der Waals surface area contributed by atoms with E-state index in [0.29, 0.717) is 19.5 Å². The molecule has 23 heavy (non-hydrogen) atoms. The second kappa shape index (κ2) is 8.45. The molecule has 1 N–H and O–H groups in total. The summed E-state index contributed by atoms with van der Waals surface area (Å²) in [5.74, 6) is -0.0757. The van der Waals surface area contributed by atoms with Gasteiger partial charge in [0.25, 0.3) is 0 Å². The Morgan fingerprint density at radius 2 is 1.83 bits per heavy atom. The first-order valence-corrected chi connectivity index (χ1v) is 10.1. The number of hydrogen-bond donors (Lipinski definition) is 1. The fourth-order valence-electron chi connectivity index (χ4n) is 3.14. The lowest BCUT2D eigenvalue weighted by molar-refractivity contribution is -0.120. The third-order valence-corrected chi connectivity index (χ3v) is 5.60. The number of nitrogens with zero attached hydrogens (tertiary/aromatic N) is 1. The maximum Gasteiger partial charge on any atom is 0.224 e. The van der Waals surface area contributed by atoms with Gasteiger partial charge in [-0.05, 0) is 18.4 Å². The third-order valence-electron chi connectivity index (χ3n) is 4.27. The highest BCUT2D eigenvalue weighted by molar-refractivity contribution is 7.88. The molecule has 0 spiro atoms. The Morgan fingerprint density at radius 3 is 2.43 bits per heavy atom. The highest BCUT2D eigenvalue weighted by atomic mass is 32.2. The summed E-state index contributed by atoms with van der Waals surface area (Å²) >= 11 is 0. The lowest BCUT2D eigenvalue weighted by Gasteiger charge is -2.32. The van der Waals surface area contributed by atoms with Gasteiger partial charge in [0.2, 0.25) is 15.9 Å². The molecule has 0 aromatic heterocycles. The van der Waals surface area contributed by atoms with Crippen molar-refractivity contribution in [3.8, 4) is 0 Å². The van der Waals surface area contributed by atoms with Crippen LogP contribution in [0.25, 0.3) is 0 Å². The molecule has 5 nitrogen and oxygen atoms in total. The van der Waals surface area contributed by atoms with Crippen LogP contribution in [0.1, 0.15) is 37.7 Å². The SMILES string of the molecule is CS(=O)(=O)N(CCNC(=O)Cc1ccccc1)C1CCCCC1. The van der Waals surface area contributed by atoms with Crippen LogP contribution in [0, 0.1) is 0 Å². The molecule has 6 heteroatoms. The summed E-state index contributed by atoms with van der Waals surface area (Å²) in [6.07, 6.45) is 6.77. The fraction of sp³-hybridized carbons (Fsp3) is 0.588. The summed E-state index contributed by atoms with van der Waals surface area (Å²) in [7, 11) is -3.24. The fourth-order valence-corrected chi connectivity index (χ4v) is 4.31. The van der Waals surface area contributed by atoms with Gasteiger partial charge in [0.15, 0.2) is 0 Å². The van der Waals surface area contributed by atoms with Crippen LogP contribution in [-0.2, 0) is 21.2 Å². The molecule has 0 heterocycles. The predicted octanol–water partition coefficient (Wildman–Crippen LogP) is 1.94. The molecule has 1 aliphatic rings. The maximum atomic E-state index is 12.0. The minimum atomic E-state index is -3.24. The van der Waals surface area contributed by atoms with E-state index in [9.17, 15) is 13.2 Å². The Kier molecular flexibility index (Phi) is 6.59. The molecule has 1 saturated carbocycles. The van der Waals surface area contributed by atoms with E-state index < -0.39 is 10.0 Å². The van der Waals surface area contributed by atoms with E-state index in [0.717, 1.165) is 31.2 Å². The van der Waals surface area contributed by atoms with Gasteiger partial charge in [-0.3, -0.25) is 4.79 Å². The second-order valence-corrected chi connectivity index (χ2v) is 8.11. The van der Waals surface area contributed by atoms with E-state index >= 15 is 0 Å². The van der Waals surface area contributed by atoms with E-state index in [1.165, 1.54) is 12.7 Å². The molecule has 0 saturated heterocycles. The minimum Gasteiger partial charge on any atom is -0.354 e. The van der Waals surface area contributed by atoms with Crippen molar-refractivity contribution in [2.45, 2.75) is 44.6 Å². The van der Waals surface area contributed by atoms with E-state index in [-0.39, 0.29) is 11.9 Å². The number of rotatable bonds is 7. The maximum absolute atomic E-state index is 12.0. The van der Waals surface area contributed by atoms with Crippen LogP contribution < -0.4 is 5.32 Å². The number of nitrogens with one attached hydrogen (secondary N) is 1. The van der Waals surface area contributed by atoms with Gasteiger partial charge in [-0.2, -0.15) is 4.31 Å². The Hall–Kier alpha value is -1.40.